The fraction of sp³-hybridized carbons (Fsp3) is 0.353. The standard InChI is InChI=1S/C17H20N4O2/c1-5-21-9-18-20-16(21)12(4)19-17(22)15-11(3)13-7-6-10(2)8-14(13)23-15/h6-9,12H,5H2,1-4H3,(H,19,22)/t12-/m0/s1. The third kappa shape index (κ3) is 2.72. The van der Waals surface area contributed by atoms with Crippen molar-refractivity contribution < 1.29 is 9.21 Å². The number of nitrogens with zero attached hydrogens (tertiary/aromatic N) is 3. The molecule has 0 fully saturated rings. The third-order valence-corrected chi connectivity index (χ3v) is 4.02. The summed E-state index contributed by atoms with van der Waals surface area (Å²) in [6, 6.07) is 5.69. The highest BCUT2D eigenvalue weighted by atomic mass is 16.3. The lowest BCUT2D eigenvalue weighted by atomic mass is 10.1. The van der Waals surface area contributed by atoms with E-state index < -0.39 is 0 Å². The van der Waals surface area contributed by atoms with Gasteiger partial charge in [0, 0.05) is 17.5 Å². The quantitative estimate of drug-likeness (QED) is 0.803. The van der Waals surface area contributed by atoms with E-state index in [4.69, 9.17) is 4.42 Å². The number of hydrogen-bond acceptors (Lipinski definition) is 4. The van der Waals surface area contributed by atoms with Gasteiger partial charge in [-0.1, -0.05) is 12.1 Å². The highest BCUT2D eigenvalue weighted by Gasteiger charge is 2.21. The number of benzene rings is 1. The fourth-order valence-electron chi connectivity index (χ4n) is 2.72. The summed E-state index contributed by atoms with van der Waals surface area (Å²) < 4.78 is 7.66. The van der Waals surface area contributed by atoms with Crippen LogP contribution in [0.2, 0.25) is 0 Å². The second kappa shape index (κ2) is 5.87. The van der Waals surface area contributed by atoms with Gasteiger partial charge in [0.05, 0.1) is 6.04 Å². The average Bonchev–Trinajstić information content (AvgIpc) is 3.11. The van der Waals surface area contributed by atoms with E-state index in [9.17, 15) is 4.79 Å². The molecule has 0 radical (unpaired) electrons. The SMILES string of the molecule is CCn1cnnc1[C@H](C)NC(=O)c1oc2cc(C)ccc2c1C. The van der Waals surface area contributed by atoms with Crippen molar-refractivity contribution >= 4 is 16.9 Å². The van der Waals surface area contributed by atoms with Gasteiger partial charge in [0.25, 0.3) is 5.91 Å². The Labute approximate surface area is 134 Å². The third-order valence-electron chi connectivity index (χ3n) is 4.02. The maximum Gasteiger partial charge on any atom is 0.287 e. The van der Waals surface area contributed by atoms with Crippen molar-refractivity contribution in [1.82, 2.24) is 20.1 Å². The molecule has 1 N–H and O–H groups in total. The van der Waals surface area contributed by atoms with Crippen molar-refractivity contribution in [2.24, 2.45) is 0 Å². The number of rotatable bonds is 4. The zero-order valence-corrected chi connectivity index (χ0v) is 13.8. The largest absolute Gasteiger partial charge is 0.451 e. The van der Waals surface area contributed by atoms with Gasteiger partial charge < -0.3 is 14.3 Å². The van der Waals surface area contributed by atoms with Crippen molar-refractivity contribution in [3.63, 3.8) is 0 Å². The van der Waals surface area contributed by atoms with E-state index >= 15 is 0 Å². The topological polar surface area (TPSA) is 73.0 Å². The first-order valence-corrected chi connectivity index (χ1v) is 7.69. The van der Waals surface area contributed by atoms with Crippen LogP contribution in [0.15, 0.2) is 28.9 Å². The first-order chi connectivity index (χ1) is 11.0. The molecule has 1 aromatic carbocycles. The molecule has 0 saturated carbocycles. The van der Waals surface area contributed by atoms with E-state index in [0.717, 1.165) is 34.5 Å². The lowest BCUT2D eigenvalue weighted by molar-refractivity contribution is 0.0911. The minimum absolute atomic E-state index is 0.241. The van der Waals surface area contributed by atoms with Crippen LogP contribution in [0.25, 0.3) is 11.0 Å². The number of nitrogens with one attached hydrogen (secondary N) is 1. The van der Waals surface area contributed by atoms with E-state index in [-0.39, 0.29) is 11.9 Å². The smallest absolute Gasteiger partial charge is 0.287 e. The molecule has 1 amide bonds. The zero-order valence-electron chi connectivity index (χ0n) is 13.8. The normalized spacial score (nSPS) is 12.5. The average molecular weight is 312 g/mol. The maximum absolute atomic E-state index is 12.6. The monoisotopic (exact) mass is 312 g/mol. The summed E-state index contributed by atoms with van der Waals surface area (Å²) in [4.78, 5) is 12.6. The van der Waals surface area contributed by atoms with Crippen molar-refractivity contribution in [1.29, 1.82) is 0 Å². The predicted molar refractivity (Wildman–Crippen MR) is 87.3 cm³/mol. The Morgan fingerprint density at radius 3 is 2.91 bits per heavy atom. The summed E-state index contributed by atoms with van der Waals surface area (Å²) >= 11 is 0. The number of fused-ring (bicyclic) bond motifs is 1. The number of amides is 1. The zero-order chi connectivity index (χ0) is 16.6. The van der Waals surface area contributed by atoms with E-state index in [0.29, 0.717) is 5.76 Å². The van der Waals surface area contributed by atoms with Crippen LogP contribution < -0.4 is 5.32 Å². The molecule has 0 bridgehead atoms. The van der Waals surface area contributed by atoms with Crippen molar-refractivity contribution in [2.45, 2.75) is 40.3 Å². The van der Waals surface area contributed by atoms with E-state index in [1.807, 2.05) is 50.5 Å². The van der Waals surface area contributed by atoms with Crippen LogP contribution in [0, 0.1) is 13.8 Å². The Hall–Kier alpha value is -2.63. The first kappa shape index (κ1) is 15.3. The van der Waals surface area contributed by atoms with Gasteiger partial charge in [0.2, 0.25) is 0 Å². The lowest BCUT2D eigenvalue weighted by Crippen LogP contribution is -2.28. The van der Waals surface area contributed by atoms with Gasteiger partial charge in [-0.15, -0.1) is 10.2 Å². The number of furan rings is 1. The molecule has 120 valence electrons. The summed E-state index contributed by atoms with van der Waals surface area (Å²) in [5.74, 6) is 0.833. The highest BCUT2D eigenvalue weighted by molar-refractivity contribution is 5.99. The maximum atomic E-state index is 12.6. The van der Waals surface area contributed by atoms with Crippen molar-refractivity contribution in [3.05, 3.63) is 47.2 Å². The molecule has 23 heavy (non-hydrogen) atoms. The molecule has 2 aromatic heterocycles. The Morgan fingerprint density at radius 2 is 2.17 bits per heavy atom. The lowest BCUT2D eigenvalue weighted by Gasteiger charge is -2.13. The second-order valence-corrected chi connectivity index (χ2v) is 5.73. The van der Waals surface area contributed by atoms with E-state index in [2.05, 4.69) is 15.5 Å². The summed E-state index contributed by atoms with van der Waals surface area (Å²) in [7, 11) is 0. The number of aryl methyl sites for hydroxylation is 3. The summed E-state index contributed by atoms with van der Waals surface area (Å²) in [6.45, 7) is 8.54. The van der Waals surface area contributed by atoms with Crippen LogP contribution in [-0.4, -0.2) is 20.7 Å². The molecular formula is C17H20N4O2. The van der Waals surface area contributed by atoms with Crippen LogP contribution in [-0.2, 0) is 6.54 Å². The minimum atomic E-state index is -0.251. The Kier molecular flexibility index (Phi) is 3.90. The van der Waals surface area contributed by atoms with Crippen LogP contribution in [0.4, 0.5) is 0 Å². The molecule has 0 unspecified atom stereocenters. The molecule has 0 aliphatic rings. The molecule has 0 saturated heterocycles. The summed E-state index contributed by atoms with van der Waals surface area (Å²) in [6.07, 6.45) is 1.66. The van der Waals surface area contributed by atoms with Crippen molar-refractivity contribution in [3.8, 4) is 0 Å². The number of hydrogen-bond donors (Lipinski definition) is 1. The highest BCUT2D eigenvalue weighted by Crippen LogP contribution is 2.26. The van der Waals surface area contributed by atoms with E-state index in [1.54, 1.807) is 6.33 Å². The van der Waals surface area contributed by atoms with Crippen LogP contribution >= 0.6 is 0 Å². The number of aromatic nitrogens is 3. The van der Waals surface area contributed by atoms with Crippen LogP contribution in [0.5, 0.6) is 0 Å². The van der Waals surface area contributed by atoms with Crippen LogP contribution in [0.3, 0.4) is 0 Å². The Balaban J connectivity index is 1.87. The molecule has 6 nitrogen and oxygen atoms in total. The van der Waals surface area contributed by atoms with E-state index in [1.165, 1.54) is 0 Å². The Morgan fingerprint density at radius 1 is 1.39 bits per heavy atom. The minimum Gasteiger partial charge on any atom is -0.451 e. The molecule has 0 aliphatic heterocycles. The molecule has 3 aromatic rings. The molecule has 6 heteroatoms. The number of carbonyl (C=O) groups excluding carboxylic acids is 1. The van der Waals surface area contributed by atoms with Gasteiger partial charge in [-0.3, -0.25) is 4.79 Å². The van der Waals surface area contributed by atoms with Gasteiger partial charge in [0.1, 0.15) is 11.9 Å². The molecule has 1 atom stereocenters. The van der Waals surface area contributed by atoms with Gasteiger partial charge >= 0.3 is 0 Å². The number of carbonyl (C=O) groups is 1. The molecule has 0 spiro atoms. The van der Waals surface area contributed by atoms with Gasteiger partial charge in [-0.05, 0) is 39.3 Å². The van der Waals surface area contributed by atoms with Crippen molar-refractivity contribution in [2.75, 3.05) is 0 Å². The summed E-state index contributed by atoms with van der Waals surface area (Å²) in [5, 5.41) is 11.9. The predicted octanol–water partition coefficient (Wildman–Crippen LogP) is 3.15. The molecule has 0 aliphatic carbocycles. The molecule has 3 rings (SSSR count). The van der Waals surface area contributed by atoms with Gasteiger partial charge in [-0.25, -0.2) is 0 Å². The molecular weight excluding hydrogens is 292 g/mol. The molecule has 2 heterocycles. The van der Waals surface area contributed by atoms with Crippen LogP contribution in [0.1, 0.15) is 47.4 Å². The fourth-order valence-corrected chi connectivity index (χ4v) is 2.72. The second-order valence-electron chi connectivity index (χ2n) is 5.73. The summed E-state index contributed by atoms with van der Waals surface area (Å²) in [5.41, 5.74) is 2.68. The Bertz CT molecular complexity index is 863. The van der Waals surface area contributed by atoms with Gasteiger partial charge in [0.15, 0.2) is 11.6 Å². The van der Waals surface area contributed by atoms with Gasteiger partial charge in [-0.2, -0.15) is 0 Å². The first-order valence-electron chi connectivity index (χ1n) is 7.69.